The molecular weight excluding hydrogens is 322 g/mol. The zero-order valence-electron chi connectivity index (χ0n) is 11.1. The van der Waals surface area contributed by atoms with Gasteiger partial charge >= 0.3 is 0 Å². The van der Waals surface area contributed by atoms with Crippen molar-refractivity contribution in [2.24, 2.45) is 11.7 Å². The molecule has 1 aliphatic rings. The molecule has 2 amide bonds. The van der Waals surface area contributed by atoms with Crippen molar-refractivity contribution in [3.05, 3.63) is 28.5 Å². The average molecular weight is 340 g/mol. The number of primary amides is 1. The molecule has 2 atom stereocenters. The van der Waals surface area contributed by atoms with E-state index in [1.807, 2.05) is 0 Å². The van der Waals surface area contributed by atoms with E-state index in [9.17, 15) is 9.59 Å². The lowest BCUT2D eigenvalue weighted by molar-refractivity contribution is -0.122. The second-order valence-electron chi connectivity index (χ2n) is 5.06. The highest BCUT2D eigenvalue weighted by atomic mass is 79.9. The predicted octanol–water partition coefficient (Wildman–Crippen LogP) is 2.01. The van der Waals surface area contributed by atoms with Crippen molar-refractivity contribution in [3.63, 3.8) is 0 Å². The molecule has 3 N–H and O–H groups in total. The van der Waals surface area contributed by atoms with Crippen LogP contribution in [-0.4, -0.2) is 22.8 Å². The highest BCUT2D eigenvalue weighted by Crippen LogP contribution is 2.24. The van der Waals surface area contributed by atoms with Gasteiger partial charge in [0.1, 0.15) is 5.69 Å². The largest absolute Gasteiger partial charge is 0.369 e. The minimum atomic E-state index is -0.336. The van der Waals surface area contributed by atoms with E-state index in [4.69, 9.17) is 5.73 Å². The van der Waals surface area contributed by atoms with Gasteiger partial charge in [-0.25, -0.2) is 4.98 Å². The van der Waals surface area contributed by atoms with Crippen molar-refractivity contribution < 1.29 is 9.59 Å². The summed E-state index contributed by atoms with van der Waals surface area (Å²) in [7, 11) is 0. The lowest BCUT2D eigenvalue weighted by Gasteiger charge is -2.23. The van der Waals surface area contributed by atoms with Crippen LogP contribution in [0, 0.1) is 5.92 Å². The summed E-state index contributed by atoms with van der Waals surface area (Å²) in [5, 5.41) is 2.92. The maximum atomic E-state index is 12.3. The Morgan fingerprint density at radius 2 is 2.05 bits per heavy atom. The molecule has 5 nitrogen and oxygen atoms in total. The molecule has 1 heterocycles. The minimum absolute atomic E-state index is 0.198. The molecule has 6 heteroatoms. The van der Waals surface area contributed by atoms with E-state index in [2.05, 4.69) is 26.2 Å². The van der Waals surface area contributed by atoms with E-state index in [0.717, 1.165) is 32.1 Å². The summed E-state index contributed by atoms with van der Waals surface area (Å²) < 4.78 is 0.641. The number of carbonyl (C=O) groups excluding carboxylic acids is 2. The summed E-state index contributed by atoms with van der Waals surface area (Å²) >= 11 is 3.31. The molecule has 0 unspecified atom stereocenters. The molecule has 20 heavy (non-hydrogen) atoms. The van der Waals surface area contributed by atoms with Crippen LogP contribution in [0.3, 0.4) is 0 Å². The Labute approximate surface area is 126 Å². The highest BCUT2D eigenvalue weighted by molar-refractivity contribution is 9.10. The molecule has 0 saturated heterocycles. The summed E-state index contributed by atoms with van der Waals surface area (Å²) in [5.74, 6) is -0.892. The van der Waals surface area contributed by atoms with Crippen molar-refractivity contribution in [2.45, 2.75) is 38.1 Å². The Morgan fingerprint density at radius 1 is 1.30 bits per heavy atom. The summed E-state index contributed by atoms with van der Waals surface area (Å²) in [6, 6.07) is 3.32. The van der Waals surface area contributed by atoms with Gasteiger partial charge in [-0.2, -0.15) is 0 Å². The number of rotatable bonds is 3. The van der Waals surface area contributed by atoms with Gasteiger partial charge in [-0.15, -0.1) is 0 Å². The number of amides is 2. The van der Waals surface area contributed by atoms with Crippen LogP contribution in [0.1, 0.15) is 42.6 Å². The van der Waals surface area contributed by atoms with Crippen LogP contribution in [0.2, 0.25) is 0 Å². The number of nitrogens with two attached hydrogens (primary N) is 1. The number of aromatic nitrogens is 1. The molecule has 1 fully saturated rings. The fraction of sp³-hybridized carbons (Fsp3) is 0.500. The van der Waals surface area contributed by atoms with Gasteiger partial charge in [0.25, 0.3) is 5.91 Å². The molecule has 1 aliphatic carbocycles. The van der Waals surface area contributed by atoms with Crippen molar-refractivity contribution in [1.82, 2.24) is 10.3 Å². The molecular formula is C14H18BrN3O2. The van der Waals surface area contributed by atoms with E-state index < -0.39 is 0 Å². The number of carbonyl (C=O) groups is 2. The fourth-order valence-electron chi connectivity index (χ4n) is 2.61. The van der Waals surface area contributed by atoms with E-state index in [1.54, 1.807) is 18.3 Å². The monoisotopic (exact) mass is 339 g/mol. The van der Waals surface area contributed by atoms with Gasteiger partial charge in [0.2, 0.25) is 5.91 Å². The smallest absolute Gasteiger partial charge is 0.271 e. The third kappa shape index (κ3) is 3.56. The maximum Gasteiger partial charge on any atom is 0.271 e. The van der Waals surface area contributed by atoms with Crippen LogP contribution in [-0.2, 0) is 4.79 Å². The van der Waals surface area contributed by atoms with Crippen LogP contribution in [0.15, 0.2) is 22.8 Å². The zero-order valence-corrected chi connectivity index (χ0v) is 12.7. The van der Waals surface area contributed by atoms with Crippen LogP contribution >= 0.6 is 15.9 Å². The molecule has 2 rings (SSSR count). The normalized spacial score (nSPS) is 22.9. The average Bonchev–Trinajstić information content (AvgIpc) is 2.64. The quantitative estimate of drug-likeness (QED) is 0.826. The van der Waals surface area contributed by atoms with Crippen LogP contribution in [0.5, 0.6) is 0 Å². The van der Waals surface area contributed by atoms with Crippen molar-refractivity contribution in [2.75, 3.05) is 0 Å². The zero-order chi connectivity index (χ0) is 14.5. The Bertz CT molecular complexity index is 507. The first-order valence-corrected chi connectivity index (χ1v) is 7.59. The van der Waals surface area contributed by atoms with Crippen LogP contribution in [0.4, 0.5) is 0 Å². The molecule has 108 valence electrons. The van der Waals surface area contributed by atoms with E-state index in [0.29, 0.717) is 10.2 Å². The van der Waals surface area contributed by atoms with E-state index in [1.165, 1.54) is 0 Å². The molecule has 0 spiro atoms. The van der Waals surface area contributed by atoms with Gasteiger partial charge in [0, 0.05) is 16.7 Å². The van der Waals surface area contributed by atoms with Crippen LogP contribution in [0.25, 0.3) is 0 Å². The van der Waals surface area contributed by atoms with Gasteiger partial charge < -0.3 is 11.1 Å². The third-order valence-corrected chi connectivity index (χ3v) is 4.31. The second kappa shape index (κ2) is 6.83. The third-order valence-electron chi connectivity index (χ3n) is 3.67. The standard InChI is InChI=1S/C14H18BrN3O2/c15-10-6-4-8-17-12(10)14(20)18-11-7-3-1-2-5-9(11)13(16)19/h4,6,8-9,11H,1-3,5,7H2,(H2,16,19)(H,18,20)/t9-,11+/m0/s1. The Balaban J connectivity index is 2.12. The molecule has 1 aromatic rings. The Kier molecular flexibility index (Phi) is 5.11. The number of nitrogens with one attached hydrogen (secondary N) is 1. The summed E-state index contributed by atoms with van der Waals surface area (Å²) in [6.07, 6.45) is 6.14. The highest BCUT2D eigenvalue weighted by Gasteiger charge is 2.30. The van der Waals surface area contributed by atoms with Crippen molar-refractivity contribution >= 4 is 27.7 Å². The lowest BCUT2D eigenvalue weighted by Crippen LogP contribution is -2.45. The van der Waals surface area contributed by atoms with E-state index >= 15 is 0 Å². The van der Waals surface area contributed by atoms with Gasteiger partial charge in [-0.05, 0) is 40.9 Å². The van der Waals surface area contributed by atoms with Crippen LogP contribution < -0.4 is 11.1 Å². The van der Waals surface area contributed by atoms with Gasteiger partial charge in [-0.3, -0.25) is 9.59 Å². The fourth-order valence-corrected chi connectivity index (χ4v) is 3.05. The molecule has 0 aromatic carbocycles. The first-order valence-electron chi connectivity index (χ1n) is 6.80. The molecule has 0 bridgehead atoms. The number of nitrogens with zero attached hydrogens (tertiary/aromatic N) is 1. The predicted molar refractivity (Wildman–Crippen MR) is 79.0 cm³/mol. The van der Waals surface area contributed by atoms with E-state index in [-0.39, 0.29) is 23.8 Å². The summed E-state index contributed by atoms with van der Waals surface area (Å²) in [6.45, 7) is 0. The molecule has 0 radical (unpaired) electrons. The number of hydrogen-bond acceptors (Lipinski definition) is 3. The lowest BCUT2D eigenvalue weighted by atomic mass is 9.94. The number of halogens is 1. The Hall–Kier alpha value is -1.43. The Morgan fingerprint density at radius 3 is 2.75 bits per heavy atom. The van der Waals surface area contributed by atoms with Gasteiger partial charge in [0.15, 0.2) is 0 Å². The summed E-state index contributed by atoms with van der Waals surface area (Å²) in [4.78, 5) is 27.9. The van der Waals surface area contributed by atoms with Gasteiger partial charge in [0.05, 0.1) is 5.92 Å². The van der Waals surface area contributed by atoms with Gasteiger partial charge in [-0.1, -0.05) is 19.3 Å². The van der Waals surface area contributed by atoms with Crippen molar-refractivity contribution in [1.29, 1.82) is 0 Å². The molecule has 1 saturated carbocycles. The second-order valence-corrected chi connectivity index (χ2v) is 5.91. The molecule has 1 aromatic heterocycles. The molecule has 0 aliphatic heterocycles. The topological polar surface area (TPSA) is 85.1 Å². The first kappa shape index (κ1) is 15.0. The summed E-state index contributed by atoms with van der Waals surface area (Å²) in [5.41, 5.74) is 5.79. The minimum Gasteiger partial charge on any atom is -0.369 e. The maximum absolute atomic E-state index is 12.3. The first-order chi connectivity index (χ1) is 9.59. The number of pyridine rings is 1. The number of hydrogen-bond donors (Lipinski definition) is 2. The van der Waals surface area contributed by atoms with Crippen molar-refractivity contribution in [3.8, 4) is 0 Å². The SMILES string of the molecule is NC(=O)[C@H]1CCCCC[C@H]1NC(=O)c1ncccc1Br.